The Morgan fingerprint density at radius 3 is 0.831 bits per heavy atom. The molecule has 0 aliphatic carbocycles. The van der Waals surface area contributed by atoms with Crippen LogP contribution in [0.25, 0.3) is 0 Å². The van der Waals surface area contributed by atoms with Crippen molar-refractivity contribution < 1.29 is 28.6 Å². The fraction of sp³-hybridized carbons (Fsp3) is 0.943. The number of ether oxygens (including phenoxy) is 3. The van der Waals surface area contributed by atoms with Crippen LogP contribution in [-0.4, -0.2) is 37.2 Å². The first kappa shape index (κ1) is 57.4. The van der Waals surface area contributed by atoms with Crippen LogP contribution in [0.3, 0.4) is 0 Å². The van der Waals surface area contributed by atoms with Crippen LogP contribution < -0.4 is 0 Å². The molecule has 0 bridgehead atoms. The standard InChI is InChI=1S/C53H102O6/c1-6-7-8-9-10-11-23-28-33-38-43-51(54)57-46-50(47-58-52(55)44-39-34-29-25-20-22-27-32-37-42-49(4)5)59-53(56)45-40-35-30-24-19-17-15-13-12-14-16-18-21-26-31-36-41-48(2)3/h48-50H,6-47H2,1-5H3/t50-/m1/s1. The van der Waals surface area contributed by atoms with Crippen molar-refractivity contribution in [1.82, 2.24) is 0 Å². The van der Waals surface area contributed by atoms with Gasteiger partial charge < -0.3 is 14.2 Å². The van der Waals surface area contributed by atoms with Gasteiger partial charge in [0.1, 0.15) is 13.2 Å². The molecule has 59 heavy (non-hydrogen) atoms. The summed E-state index contributed by atoms with van der Waals surface area (Å²) in [4.78, 5) is 37.9. The lowest BCUT2D eigenvalue weighted by Gasteiger charge is -2.18. The van der Waals surface area contributed by atoms with Crippen molar-refractivity contribution in [2.75, 3.05) is 13.2 Å². The molecule has 0 aromatic heterocycles. The van der Waals surface area contributed by atoms with E-state index in [9.17, 15) is 14.4 Å². The van der Waals surface area contributed by atoms with Gasteiger partial charge in [0.2, 0.25) is 0 Å². The highest BCUT2D eigenvalue weighted by Crippen LogP contribution is 2.17. The number of hydrogen-bond acceptors (Lipinski definition) is 6. The van der Waals surface area contributed by atoms with Crippen molar-refractivity contribution >= 4 is 17.9 Å². The van der Waals surface area contributed by atoms with E-state index in [1.54, 1.807) is 0 Å². The van der Waals surface area contributed by atoms with Gasteiger partial charge in [-0.1, -0.05) is 253 Å². The topological polar surface area (TPSA) is 78.9 Å². The summed E-state index contributed by atoms with van der Waals surface area (Å²) in [6.45, 7) is 11.4. The van der Waals surface area contributed by atoms with Crippen LogP contribution in [0.5, 0.6) is 0 Å². The van der Waals surface area contributed by atoms with Gasteiger partial charge in [0.15, 0.2) is 6.10 Å². The molecule has 0 saturated carbocycles. The minimum atomic E-state index is -0.761. The molecule has 0 N–H and O–H groups in total. The molecule has 0 radical (unpaired) electrons. The summed E-state index contributed by atoms with van der Waals surface area (Å²) in [6, 6.07) is 0. The van der Waals surface area contributed by atoms with Gasteiger partial charge in [-0.05, 0) is 31.1 Å². The Bertz CT molecular complexity index is 900. The summed E-state index contributed by atoms with van der Waals surface area (Å²) < 4.78 is 16.8. The van der Waals surface area contributed by atoms with Crippen molar-refractivity contribution in [3.63, 3.8) is 0 Å². The predicted molar refractivity (Wildman–Crippen MR) is 252 cm³/mol. The number of esters is 3. The highest BCUT2D eigenvalue weighted by Gasteiger charge is 2.19. The summed E-state index contributed by atoms with van der Waals surface area (Å²) in [7, 11) is 0. The van der Waals surface area contributed by atoms with Crippen LogP contribution in [0.2, 0.25) is 0 Å². The summed E-state index contributed by atoms with van der Waals surface area (Å²) in [5.41, 5.74) is 0. The Kier molecular flexibility index (Phi) is 44.7. The monoisotopic (exact) mass is 835 g/mol. The molecular weight excluding hydrogens is 733 g/mol. The Morgan fingerprint density at radius 1 is 0.322 bits per heavy atom. The third kappa shape index (κ3) is 47.3. The molecule has 0 aromatic carbocycles. The fourth-order valence-electron chi connectivity index (χ4n) is 7.99. The van der Waals surface area contributed by atoms with E-state index in [2.05, 4.69) is 34.6 Å². The van der Waals surface area contributed by atoms with Gasteiger partial charge in [0.05, 0.1) is 0 Å². The van der Waals surface area contributed by atoms with E-state index >= 15 is 0 Å². The van der Waals surface area contributed by atoms with Crippen LogP contribution in [0, 0.1) is 11.8 Å². The second-order valence-corrected chi connectivity index (χ2v) is 19.1. The molecule has 6 heteroatoms. The van der Waals surface area contributed by atoms with Crippen molar-refractivity contribution in [2.24, 2.45) is 11.8 Å². The maximum atomic E-state index is 12.8. The van der Waals surface area contributed by atoms with Gasteiger partial charge in [0.25, 0.3) is 0 Å². The number of rotatable bonds is 47. The molecule has 0 amide bonds. The third-order valence-electron chi connectivity index (χ3n) is 12.0. The highest BCUT2D eigenvalue weighted by atomic mass is 16.6. The SMILES string of the molecule is CCCCCCCCCCCCC(=O)OC[C@H](COC(=O)CCCCCCCCCCCC(C)C)OC(=O)CCCCCCCCCCCCCCCCCCC(C)C. The smallest absolute Gasteiger partial charge is 0.306 e. The zero-order chi connectivity index (χ0) is 43.3. The van der Waals surface area contributed by atoms with Crippen molar-refractivity contribution in [2.45, 2.75) is 298 Å². The number of carbonyl (C=O) groups is 3. The molecule has 0 fully saturated rings. The molecule has 6 nitrogen and oxygen atoms in total. The maximum absolute atomic E-state index is 12.8. The van der Waals surface area contributed by atoms with Crippen LogP contribution in [-0.2, 0) is 28.6 Å². The average molecular weight is 835 g/mol. The van der Waals surface area contributed by atoms with Gasteiger partial charge in [-0.3, -0.25) is 14.4 Å². The molecule has 0 unspecified atom stereocenters. The third-order valence-corrected chi connectivity index (χ3v) is 12.0. The molecule has 0 saturated heterocycles. The number of carbonyl (C=O) groups excluding carboxylic acids is 3. The van der Waals surface area contributed by atoms with Gasteiger partial charge in [-0.2, -0.15) is 0 Å². The Labute approximate surface area is 368 Å². The zero-order valence-corrected chi connectivity index (χ0v) is 40.4. The summed E-state index contributed by atoms with van der Waals surface area (Å²) in [6.07, 6.45) is 46.7. The Hall–Kier alpha value is -1.59. The highest BCUT2D eigenvalue weighted by molar-refractivity contribution is 5.71. The normalized spacial score (nSPS) is 12.1. The van der Waals surface area contributed by atoms with E-state index in [1.165, 1.54) is 180 Å². The lowest BCUT2D eigenvalue weighted by Crippen LogP contribution is -2.30. The molecule has 1 atom stereocenters. The van der Waals surface area contributed by atoms with Crippen LogP contribution in [0.1, 0.15) is 291 Å². The van der Waals surface area contributed by atoms with Crippen LogP contribution >= 0.6 is 0 Å². The van der Waals surface area contributed by atoms with Gasteiger partial charge in [-0.15, -0.1) is 0 Å². The Morgan fingerprint density at radius 2 is 0.559 bits per heavy atom. The van der Waals surface area contributed by atoms with Gasteiger partial charge >= 0.3 is 17.9 Å². The number of hydrogen-bond donors (Lipinski definition) is 0. The summed E-state index contributed by atoms with van der Waals surface area (Å²) >= 11 is 0. The molecular formula is C53H102O6. The van der Waals surface area contributed by atoms with Crippen LogP contribution in [0.15, 0.2) is 0 Å². The molecule has 0 aliphatic heterocycles. The zero-order valence-electron chi connectivity index (χ0n) is 40.4. The Balaban J connectivity index is 4.25. The maximum Gasteiger partial charge on any atom is 0.306 e. The minimum Gasteiger partial charge on any atom is -0.462 e. The second-order valence-electron chi connectivity index (χ2n) is 19.1. The molecule has 0 heterocycles. The van der Waals surface area contributed by atoms with E-state index < -0.39 is 6.10 Å². The molecule has 0 rings (SSSR count). The quantitative estimate of drug-likeness (QED) is 0.0345. The van der Waals surface area contributed by atoms with Gasteiger partial charge in [-0.25, -0.2) is 0 Å². The first-order valence-corrected chi connectivity index (χ1v) is 26.2. The summed E-state index contributed by atoms with van der Waals surface area (Å²) in [5.74, 6) is 0.811. The fourth-order valence-corrected chi connectivity index (χ4v) is 7.99. The first-order valence-electron chi connectivity index (χ1n) is 26.2. The molecule has 0 spiro atoms. The molecule has 350 valence electrons. The van der Waals surface area contributed by atoms with E-state index in [0.29, 0.717) is 19.3 Å². The largest absolute Gasteiger partial charge is 0.462 e. The lowest BCUT2D eigenvalue weighted by molar-refractivity contribution is -0.167. The number of unbranched alkanes of at least 4 members (excludes halogenated alkanes) is 32. The van der Waals surface area contributed by atoms with E-state index in [-0.39, 0.29) is 31.1 Å². The van der Waals surface area contributed by atoms with E-state index in [4.69, 9.17) is 14.2 Å². The second kappa shape index (κ2) is 45.9. The lowest BCUT2D eigenvalue weighted by atomic mass is 10.0. The van der Waals surface area contributed by atoms with Crippen molar-refractivity contribution in [1.29, 1.82) is 0 Å². The molecule has 0 aliphatic rings. The van der Waals surface area contributed by atoms with E-state index in [1.807, 2.05) is 0 Å². The van der Waals surface area contributed by atoms with Gasteiger partial charge in [0, 0.05) is 19.3 Å². The van der Waals surface area contributed by atoms with Crippen molar-refractivity contribution in [3.8, 4) is 0 Å². The summed E-state index contributed by atoms with van der Waals surface area (Å²) in [5, 5.41) is 0. The minimum absolute atomic E-state index is 0.0638. The van der Waals surface area contributed by atoms with Crippen molar-refractivity contribution in [3.05, 3.63) is 0 Å². The van der Waals surface area contributed by atoms with Crippen LogP contribution in [0.4, 0.5) is 0 Å². The molecule has 0 aromatic rings. The first-order chi connectivity index (χ1) is 28.7. The predicted octanol–water partition coefficient (Wildman–Crippen LogP) is 16.9. The average Bonchev–Trinajstić information content (AvgIpc) is 3.20. The van der Waals surface area contributed by atoms with E-state index in [0.717, 1.165) is 69.6 Å².